The summed E-state index contributed by atoms with van der Waals surface area (Å²) in [4.78, 5) is -0.0764. The van der Waals surface area contributed by atoms with Crippen LogP contribution >= 0.6 is 23.2 Å². The Morgan fingerprint density at radius 2 is 1.88 bits per heavy atom. The van der Waals surface area contributed by atoms with Gasteiger partial charge >= 0.3 is 0 Å². The predicted octanol–water partition coefficient (Wildman–Crippen LogP) is 4.35. The Kier molecular flexibility index (Phi) is 6.09. The van der Waals surface area contributed by atoms with Crippen molar-refractivity contribution in [3.8, 4) is 5.75 Å². The Morgan fingerprint density at radius 3 is 2.46 bits per heavy atom. The largest absolute Gasteiger partial charge is 0.494 e. The lowest BCUT2D eigenvalue weighted by molar-refractivity contribution is 0.384. The molecule has 4 nitrogen and oxygen atoms in total. The van der Waals surface area contributed by atoms with Gasteiger partial charge in [0.15, 0.2) is 11.6 Å². The van der Waals surface area contributed by atoms with Crippen LogP contribution in [0.1, 0.15) is 12.5 Å². The van der Waals surface area contributed by atoms with Crippen molar-refractivity contribution in [2.45, 2.75) is 18.4 Å². The van der Waals surface area contributed by atoms with Crippen LogP contribution in [0.15, 0.2) is 41.3 Å². The highest BCUT2D eigenvalue weighted by molar-refractivity contribution is 7.89. The molecular weight excluding hydrogens is 376 g/mol. The number of ether oxygens (including phenoxy) is 1. The molecule has 0 bridgehead atoms. The van der Waals surface area contributed by atoms with Gasteiger partial charge in [0, 0.05) is 18.1 Å². The first-order valence-corrected chi connectivity index (χ1v) is 9.26. The Bertz CT molecular complexity index is 843. The van der Waals surface area contributed by atoms with Crippen molar-refractivity contribution >= 4 is 33.2 Å². The zero-order chi connectivity index (χ0) is 17.9. The van der Waals surface area contributed by atoms with Crippen LogP contribution in [0, 0.1) is 5.82 Å². The average molecular weight is 392 g/mol. The van der Waals surface area contributed by atoms with E-state index in [1.54, 1.807) is 13.0 Å². The molecule has 0 fully saturated rings. The van der Waals surface area contributed by atoms with Crippen LogP contribution < -0.4 is 4.74 Å². The van der Waals surface area contributed by atoms with Gasteiger partial charge < -0.3 is 4.74 Å². The van der Waals surface area contributed by atoms with Crippen LogP contribution in [0.5, 0.6) is 5.75 Å². The zero-order valence-electron chi connectivity index (χ0n) is 13.1. The lowest BCUT2D eigenvalue weighted by Gasteiger charge is -2.21. The first-order valence-electron chi connectivity index (χ1n) is 7.07. The van der Waals surface area contributed by atoms with Gasteiger partial charge in [0.1, 0.15) is 4.90 Å². The molecule has 0 N–H and O–H groups in total. The summed E-state index contributed by atoms with van der Waals surface area (Å²) in [6.45, 7) is 1.89. The minimum Gasteiger partial charge on any atom is -0.494 e. The SMILES string of the molecule is CCN(Cc1ccc(OC)c(F)c1)S(=O)(=O)c1cc(Cl)ccc1Cl. The lowest BCUT2D eigenvalue weighted by Crippen LogP contribution is -2.30. The Balaban J connectivity index is 2.36. The summed E-state index contributed by atoms with van der Waals surface area (Å²) in [5.74, 6) is -0.452. The molecule has 0 saturated carbocycles. The molecule has 0 aliphatic rings. The third-order valence-corrected chi connectivity index (χ3v) is 6.08. The van der Waals surface area contributed by atoms with Crippen LogP contribution in [0.4, 0.5) is 4.39 Å². The second-order valence-corrected chi connectivity index (χ2v) is 7.72. The van der Waals surface area contributed by atoms with E-state index in [4.69, 9.17) is 27.9 Å². The van der Waals surface area contributed by atoms with Crippen molar-refractivity contribution in [3.05, 3.63) is 57.8 Å². The van der Waals surface area contributed by atoms with Gasteiger partial charge in [-0.2, -0.15) is 4.31 Å². The molecule has 0 aliphatic carbocycles. The summed E-state index contributed by atoms with van der Waals surface area (Å²) in [5, 5.41) is 0.350. The molecule has 0 saturated heterocycles. The molecular formula is C16H16Cl2FNO3S. The number of hydrogen-bond acceptors (Lipinski definition) is 3. The third-order valence-electron chi connectivity index (χ3n) is 3.44. The van der Waals surface area contributed by atoms with Gasteiger partial charge in [0.05, 0.1) is 12.1 Å². The van der Waals surface area contributed by atoms with Gasteiger partial charge in [-0.15, -0.1) is 0 Å². The molecule has 0 amide bonds. The number of nitrogens with zero attached hydrogens (tertiary/aromatic N) is 1. The van der Waals surface area contributed by atoms with Crippen LogP contribution in [0.3, 0.4) is 0 Å². The average Bonchev–Trinajstić information content (AvgIpc) is 2.54. The molecule has 0 heterocycles. The van der Waals surface area contributed by atoms with Crippen LogP contribution in [-0.2, 0) is 16.6 Å². The number of methoxy groups -OCH3 is 1. The molecule has 2 aromatic rings. The lowest BCUT2D eigenvalue weighted by atomic mass is 10.2. The van der Waals surface area contributed by atoms with Gasteiger partial charge in [0.2, 0.25) is 10.0 Å². The smallest absolute Gasteiger partial charge is 0.244 e. The normalized spacial score (nSPS) is 11.8. The summed E-state index contributed by atoms with van der Waals surface area (Å²) in [6.07, 6.45) is 0. The molecule has 24 heavy (non-hydrogen) atoms. The maximum absolute atomic E-state index is 13.8. The number of hydrogen-bond donors (Lipinski definition) is 0. The number of benzene rings is 2. The predicted molar refractivity (Wildman–Crippen MR) is 92.7 cm³/mol. The van der Waals surface area contributed by atoms with Crippen LogP contribution in [-0.4, -0.2) is 26.4 Å². The molecule has 0 aliphatic heterocycles. The first kappa shape index (κ1) is 19.0. The fourth-order valence-electron chi connectivity index (χ4n) is 2.19. The maximum Gasteiger partial charge on any atom is 0.244 e. The third kappa shape index (κ3) is 4.00. The standard InChI is InChI=1S/C16H16Cl2FNO3S/c1-3-20(10-11-4-7-15(23-2)14(19)8-11)24(21,22)16-9-12(17)5-6-13(16)18/h4-9H,3,10H2,1-2H3. The Labute approximate surface area is 150 Å². The molecule has 8 heteroatoms. The maximum atomic E-state index is 13.8. The fourth-order valence-corrected chi connectivity index (χ4v) is 4.37. The van der Waals surface area contributed by atoms with Crippen LogP contribution in [0.25, 0.3) is 0 Å². The summed E-state index contributed by atoms with van der Waals surface area (Å²) in [5.41, 5.74) is 0.497. The van der Waals surface area contributed by atoms with E-state index in [-0.39, 0.29) is 33.8 Å². The van der Waals surface area contributed by atoms with Crippen molar-refractivity contribution in [1.29, 1.82) is 0 Å². The van der Waals surface area contributed by atoms with Crippen molar-refractivity contribution in [2.24, 2.45) is 0 Å². The minimum atomic E-state index is -3.87. The summed E-state index contributed by atoms with van der Waals surface area (Å²) < 4.78 is 45.5. The monoisotopic (exact) mass is 391 g/mol. The van der Waals surface area contributed by atoms with E-state index in [2.05, 4.69) is 0 Å². The summed E-state index contributed by atoms with van der Waals surface area (Å²) >= 11 is 11.9. The summed E-state index contributed by atoms with van der Waals surface area (Å²) in [7, 11) is -2.50. The van der Waals surface area contributed by atoms with Gasteiger partial charge in [-0.1, -0.05) is 36.2 Å². The van der Waals surface area contributed by atoms with E-state index in [1.807, 2.05) is 0 Å². The highest BCUT2D eigenvalue weighted by Gasteiger charge is 2.26. The zero-order valence-corrected chi connectivity index (χ0v) is 15.4. The second kappa shape index (κ2) is 7.70. The van der Waals surface area contributed by atoms with Crippen LogP contribution in [0.2, 0.25) is 10.0 Å². The fraction of sp³-hybridized carbons (Fsp3) is 0.250. The van der Waals surface area contributed by atoms with Gasteiger partial charge in [-0.25, -0.2) is 12.8 Å². The van der Waals surface area contributed by atoms with E-state index in [1.165, 1.54) is 41.7 Å². The van der Waals surface area contributed by atoms with E-state index in [0.717, 1.165) is 0 Å². The van der Waals surface area contributed by atoms with E-state index < -0.39 is 15.8 Å². The molecule has 0 aromatic heterocycles. The molecule has 2 rings (SSSR count). The second-order valence-electron chi connectivity index (χ2n) is 4.97. The molecule has 0 unspecified atom stereocenters. The van der Waals surface area contributed by atoms with Crippen molar-refractivity contribution < 1.29 is 17.5 Å². The molecule has 130 valence electrons. The molecule has 0 spiro atoms. The number of halogens is 3. The van der Waals surface area contributed by atoms with E-state index in [0.29, 0.717) is 5.56 Å². The Morgan fingerprint density at radius 1 is 1.17 bits per heavy atom. The van der Waals surface area contributed by atoms with Gasteiger partial charge in [-0.05, 0) is 35.9 Å². The van der Waals surface area contributed by atoms with Crippen molar-refractivity contribution in [2.75, 3.05) is 13.7 Å². The number of sulfonamides is 1. The highest BCUT2D eigenvalue weighted by atomic mass is 35.5. The number of rotatable bonds is 6. The highest BCUT2D eigenvalue weighted by Crippen LogP contribution is 2.29. The Hall–Kier alpha value is -1.34. The quantitative estimate of drug-likeness (QED) is 0.734. The van der Waals surface area contributed by atoms with E-state index in [9.17, 15) is 12.8 Å². The topological polar surface area (TPSA) is 46.6 Å². The first-order chi connectivity index (χ1) is 11.3. The van der Waals surface area contributed by atoms with Crippen molar-refractivity contribution in [1.82, 2.24) is 4.31 Å². The molecule has 0 radical (unpaired) electrons. The van der Waals surface area contributed by atoms with Crippen molar-refractivity contribution in [3.63, 3.8) is 0 Å². The van der Waals surface area contributed by atoms with E-state index >= 15 is 0 Å². The summed E-state index contributed by atoms with van der Waals surface area (Å²) in [6, 6.07) is 8.56. The molecule has 0 atom stereocenters. The molecule has 2 aromatic carbocycles. The van der Waals surface area contributed by atoms with Gasteiger partial charge in [-0.3, -0.25) is 0 Å². The minimum absolute atomic E-state index is 0.00257. The van der Waals surface area contributed by atoms with Gasteiger partial charge in [0.25, 0.3) is 0 Å².